The molecule has 23 heavy (non-hydrogen) atoms. The summed E-state index contributed by atoms with van der Waals surface area (Å²) in [5.41, 5.74) is 1.11. The van der Waals surface area contributed by atoms with Gasteiger partial charge in [0, 0.05) is 7.05 Å². The molecular weight excluding hydrogens is 320 g/mol. The molecule has 4 rings (SSSR count). The van der Waals surface area contributed by atoms with E-state index in [1.807, 2.05) is 6.07 Å². The number of halogens is 1. The van der Waals surface area contributed by atoms with Crippen LogP contribution in [-0.4, -0.2) is 26.5 Å². The number of aryl methyl sites for hydroxylation is 1. The Labute approximate surface area is 135 Å². The molecule has 0 unspecified atom stereocenters. The molecule has 7 nitrogen and oxygen atoms in total. The molecule has 0 aliphatic carbocycles. The van der Waals surface area contributed by atoms with Gasteiger partial charge in [0.2, 0.25) is 6.79 Å². The summed E-state index contributed by atoms with van der Waals surface area (Å²) in [6, 6.07) is 3.57. The van der Waals surface area contributed by atoms with Gasteiger partial charge in [-0.2, -0.15) is 5.10 Å². The third-order valence-corrected chi connectivity index (χ3v) is 3.78. The van der Waals surface area contributed by atoms with Gasteiger partial charge in [0.1, 0.15) is 11.2 Å². The van der Waals surface area contributed by atoms with Crippen molar-refractivity contribution in [3.05, 3.63) is 45.1 Å². The van der Waals surface area contributed by atoms with Crippen molar-refractivity contribution in [1.82, 2.24) is 19.7 Å². The van der Waals surface area contributed by atoms with Gasteiger partial charge in [-0.15, -0.1) is 0 Å². The van der Waals surface area contributed by atoms with Crippen LogP contribution in [0.15, 0.2) is 23.1 Å². The minimum Gasteiger partial charge on any atom is -0.454 e. The van der Waals surface area contributed by atoms with E-state index in [4.69, 9.17) is 21.1 Å². The fraction of sp³-hybridized carbons (Fsp3) is 0.133. The van der Waals surface area contributed by atoms with E-state index in [-0.39, 0.29) is 12.4 Å². The molecule has 0 amide bonds. The first-order chi connectivity index (χ1) is 11.1. The molecule has 0 saturated carbocycles. The number of hydrogen-bond acceptors (Lipinski definition) is 5. The highest BCUT2D eigenvalue weighted by molar-refractivity contribution is 6.32. The Morgan fingerprint density at radius 2 is 2.22 bits per heavy atom. The molecule has 0 bridgehead atoms. The van der Waals surface area contributed by atoms with E-state index >= 15 is 0 Å². The third kappa shape index (κ3) is 2.35. The first-order valence-corrected chi connectivity index (χ1v) is 7.19. The zero-order chi connectivity index (χ0) is 16.0. The van der Waals surface area contributed by atoms with E-state index in [2.05, 4.69) is 15.1 Å². The maximum atomic E-state index is 12.0. The minimum absolute atomic E-state index is 0.161. The fourth-order valence-electron chi connectivity index (χ4n) is 2.39. The smallest absolute Gasteiger partial charge is 0.262 e. The van der Waals surface area contributed by atoms with Crippen molar-refractivity contribution in [3.63, 3.8) is 0 Å². The summed E-state index contributed by atoms with van der Waals surface area (Å²) in [4.78, 5) is 19.1. The average molecular weight is 331 g/mol. The average Bonchev–Trinajstić information content (AvgIpc) is 3.13. The van der Waals surface area contributed by atoms with Gasteiger partial charge in [-0.05, 0) is 23.8 Å². The van der Waals surface area contributed by atoms with Crippen LogP contribution in [0.2, 0.25) is 5.02 Å². The summed E-state index contributed by atoms with van der Waals surface area (Å²) in [6.07, 6.45) is 4.97. The fourth-order valence-corrected chi connectivity index (χ4v) is 2.66. The van der Waals surface area contributed by atoms with Crippen molar-refractivity contribution in [2.45, 2.75) is 0 Å². The summed E-state index contributed by atoms with van der Waals surface area (Å²) in [6.45, 7) is 0.161. The monoisotopic (exact) mass is 330 g/mol. The third-order valence-electron chi connectivity index (χ3n) is 3.50. The summed E-state index contributed by atoms with van der Waals surface area (Å²) >= 11 is 6.14. The lowest BCUT2D eigenvalue weighted by Crippen LogP contribution is -2.09. The highest BCUT2D eigenvalue weighted by Gasteiger charge is 2.17. The summed E-state index contributed by atoms with van der Waals surface area (Å²) in [5, 5.41) is 4.96. The second-order valence-electron chi connectivity index (χ2n) is 5.03. The molecule has 1 aromatic carbocycles. The number of nitrogens with zero attached hydrogens (tertiary/aromatic N) is 3. The van der Waals surface area contributed by atoms with Crippen molar-refractivity contribution in [2.24, 2.45) is 7.05 Å². The molecule has 0 radical (unpaired) electrons. The number of fused-ring (bicyclic) bond motifs is 2. The molecule has 116 valence electrons. The lowest BCUT2D eigenvalue weighted by Gasteiger charge is -2.01. The van der Waals surface area contributed by atoms with Crippen molar-refractivity contribution in [3.8, 4) is 11.5 Å². The second-order valence-corrected chi connectivity index (χ2v) is 5.43. The Morgan fingerprint density at radius 3 is 3.09 bits per heavy atom. The largest absolute Gasteiger partial charge is 0.454 e. The number of aromatic nitrogens is 4. The molecule has 0 saturated heterocycles. The summed E-state index contributed by atoms with van der Waals surface area (Å²) in [5.74, 6) is 1.58. The predicted octanol–water partition coefficient (Wildman–Crippen LogP) is 2.21. The lowest BCUT2D eigenvalue weighted by molar-refractivity contribution is 0.174. The second kappa shape index (κ2) is 5.13. The molecule has 3 heterocycles. The molecule has 2 aromatic heterocycles. The predicted molar refractivity (Wildman–Crippen MR) is 85.6 cm³/mol. The molecule has 0 fully saturated rings. The summed E-state index contributed by atoms with van der Waals surface area (Å²) in [7, 11) is 1.74. The first kappa shape index (κ1) is 13.8. The molecule has 0 spiro atoms. The van der Waals surface area contributed by atoms with E-state index in [0.717, 1.165) is 5.56 Å². The van der Waals surface area contributed by atoms with Gasteiger partial charge in [0.05, 0.1) is 11.2 Å². The van der Waals surface area contributed by atoms with Gasteiger partial charge in [-0.1, -0.05) is 17.7 Å². The first-order valence-electron chi connectivity index (χ1n) is 6.81. The van der Waals surface area contributed by atoms with Gasteiger partial charge in [0.15, 0.2) is 17.1 Å². The zero-order valence-electron chi connectivity index (χ0n) is 12.0. The van der Waals surface area contributed by atoms with Gasteiger partial charge in [-0.3, -0.25) is 9.48 Å². The van der Waals surface area contributed by atoms with Crippen LogP contribution in [0.4, 0.5) is 0 Å². The molecule has 3 aromatic rings. The van der Waals surface area contributed by atoms with E-state index in [1.54, 1.807) is 29.9 Å². The lowest BCUT2D eigenvalue weighted by atomic mass is 10.2. The van der Waals surface area contributed by atoms with E-state index in [9.17, 15) is 4.79 Å². The van der Waals surface area contributed by atoms with Crippen molar-refractivity contribution >= 4 is 34.8 Å². The van der Waals surface area contributed by atoms with Crippen LogP contribution in [-0.2, 0) is 7.05 Å². The number of aromatic amines is 1. The number of hydrogen-bond donors (Lipinski definition) is 1. The normalized spacial score (nSPS) is 13.3. The SMILES string of the molecule is Cn1ncc2c(=O)[nH]c(/C=C/c3cc(Cl)c4c(c3)OCO4)nc21. The Bertz CT molecular complexity index is 1010. The zero-order valence-corrected chi connectivity index (χ0v) is 12.8. The maximum Gasteiger partial charge on any atom is 0.262 e. The Kier molecular flexibility index (Phi) is 3.09. The van der Waals surface area contributed by atoms with Gasteiger partial charge >= 0.3 is 0 Å². The minimum atomic E-state index is -0.230. The quantitative estimate of drug-likeness (QED) is 0.779. The van der Waals surface area contributed by atoms with Crippen LogP contribution in [0.3, 0.4) is 0 Å². The highest BCUT2D eigenvalue weighted by atomic mass is 35.5. The number of benzene rings is 1. The van der Waals surface area contributed by atoms with Crippen LogP contribution in [0.5, 0.6) is 11.5 Å². The number of nitrogens with one attached hydrogen (secondary N) is 1. The highest BCUT2D eigenvalue weighted by Crippen LogP contribution is 2.40. The number of ether oxygens (including phenoxy) is 2. The van der Waals surface area contributed by atoms with Crippen molar-refractivity contribution < 1.29 is 9.47 Å². The van der Waals surface area contributed by atoms with Crippen molar-refractivity contribution in [2.75, 3.05) is 6.79 Å². The Hall–Kier alpha value is -2.80. The van der Waals surface area contributed by atoms with Crippen LogP contribution in [0.25, 0.3) is 23.2 Å². The van der Waals surface area contributed by atoms with Crippen molar-refractivity contribution in [1.29, 1.82) is 0 Å². The Morgan fingerprint density at radius 1 is 1.35 bits per heavy atom. The van der Waals surface area contributed by atoms with E-state index in [1.165, 1.54) is 6.20 Å². The van der Waals surface area contributed by atoms with E-state index in [0.29, 0.717) is 33.4 Å². The van der Waals surface area contributed by atoms with Gasteiger partial charge < -0.3 is 14.5 Å². The van der Waals surface area contributed by atoms with Crippen LogP contribution in [0.1, 0.15) is 11.4 Å². The number of rotatable bonds is 2. The molecule has 8 heteroatoms. The maximum absolute atomic E-state index is 12.0. The molecule has 0 atom stereocenters. The van der Waals surface area contributed by atoms with Crippen LogP contribution < -0.4 is 15.0 Å². The van der Waals surface area contributed by atoms with Crippen LogP contribution >= 0.6 is 11.6 Å². The number of H-pyrrole nitrogens is 1. The van der Waals surface area contributed by atoms with E-state index < -0.39 is 0 Å². The van der Waals surface area contributed by atoms with Gasteiger partial charge in [0.25, 0.3) is 5.56 Å². The topological polar surface area (TPSA) is 82.0 Å². The Balaban J connectivity index is 1.73. The molecule has 1 N–H and O–H groups in total. The molecule has 1 aliphatic rings. The standard InChI is InChI=1S/C15H11ClN4O3/c1-20-14-9(6-17-20)15(21)19-12(18-14)3-2-8-4-10(16)13-11(5-8)22-7-23-13/h2-6H,7H2,1H3,(H,18,19,21)/b3-2+. The van der Waals surface area contributed by atoms with Gasteiger partial charge in [-0.25, -0.2) is 4.98 Å². The molecule has 1 aliphatic heterocycles. The van der Waals surface area contributed by atoms with Crippen LogP contribution in [0, 0.1) is 0 Å². The summed E-state index contributed by atoms with van der Waals surface area (Å²) < 4.78 is 12.2. The molecular formula is C15H11ClN4O3.